The van der Waals surface area contributed by atoms with Gasteiger partial charge in [-0.3, -0.25) is 4.79 Å². The monoisotopic (exact) mass is 269 g/mol. The Hall–Kier alpha value is -2.05. The topological polar surface area (TPSA) is 93.6 Å². The van der Waals surface area contributed by atoms with Crippen LogP contribution in [0.25, 0.3) is 0 Å². The van der Waals surface area contributed by atoms with Crippen LogP contribution >= 0.6 is 0 Å². The molecule has 0 radical (unpaired) electrons. The summed E-state index contributed by atoms with van der Waals surface area (Å²) in [7, 11) is 3.00. The minimum Gasteiger partial charge on any atom is -0.481 e. The summed E-state index contributed by atoms with van der Waals surface area (Å²) in [5, 5.41) is 11.8. The molecule has 19 heavy (non-hydrogen) atoms. The molecule has 0 unspecified atom stereocenters. The van der Waals surface area contributed by atoms with Gasteiger partial charge in [0.2, 0.25) is 17.7 Å². The van der Waals surface area contributed by atoms with Crippen molar-refractivity contribution in [1.29, 1.82) is 0 Å². The van der Waals surface area contributed by atoms with Gasteiger partial charge in [0.1, 0.15) is 0 Å². The molecular formula is C12H19N3O4. The number of hydrogen-bond acceptors (Lipinski definition) is 6. The minimum absolute atomic E-state index is 0.0705. The fourth-order valence-electron chi connectivity index (χ4n) is 1.45. The van der Waals surface area contributed by atoms with Crippen LogP contribution in [0.1, 0.15) is 26.7 Å². The summed E-state index contributed by atoms with van der Waals surface area (Å²) in [5.41, 5.74) is -0.449. The fraction of sp³-hybridized carbons (Fsp3) is 0.583. The Morgan fingerprint density at radius 2 is 1.84 bits per heavy atom. The summed E-state index contributed by atoms with van der Waals surface area (Å²) in [6, 6.07) is 1.56. The number of carbonyl (C=O) groups is 1. The van der Waals surface area contributed by atoms with Crippen molar-refractivity contribution in [1.82, 2.24) is 9.97 Å². The van der Waals surface area contributed by atoms with E-state index in [0.29, 0.717) is 24.1 Å². The van der Waals surface area contributed by atoms with E-state index < -0.39 is 11.5 Å². The lowest BCUT2D eigenvalue weighted by Crippen LogP contribution is -2.32. The van der Waals surface area contributed by atoms with Gasteiger partial charge in [0.25, 0.3) is 0 Å². The molecule has 1 heterocycles. The first-order valence-electron chi connectivity index (χ1n) is 5.83. The van der Waals surface area contributed by atoms with Crippen LogP contribution < -0.4 is 14.8 Å². The second-order valence-corrected chi connectivity index (χ2v) is 4.68. The quantitative estimate of drug-likeness (QED) is 0.775. The molecule has 0 spiro atoms. The molecule has 0 saturated heterocycles. The lowest BCUT2D eigenvalue weighted by Gasteiger charge is -2.25. The van der Waals surface area contributed by atoms with Gasteiger partial charge in [0, 0.05) is 12.0 Å². The van der Waals surface area contributed by atoms with Crippen molar-refractivity contribution in [3.63, 3.8) is 0 Å². The normalized spacial score (nSPS) is 10.9. The zero-order valence-electron chi connectivity index (χ0n) is 11.6. The van der Waals surface area contributed by atoms with E-state index in [2.05, 4.69) is 15.3 Å². The average Bonchev–Trinajstić information content (AvgIpc) is 2.35. The van der Waals surface area contributed by atoms with Crippen molar-refractivity contribution < 1.29 is 19.4 Å². The molecule has 0 atom stereocenters. The Bertz CT molecular complexity index is 426. The smallest absolute Gasteiger partial charge is 0.303 e. The van der Waals surface area contributed by atoms with Crippen molar-refractivity contribution in [2.24, 2.45) is 0 Å². The molecule has 7 heteroatoms. The number of carboxylic acids is 1. The van der Waals surface area contributed by atoms with Crippen molar-refractivity contribution in [2.75, 3.05) is 19.5 Å². The van der Waals surface area contributed by atoms with Gasteiger partial charge < -0.3 is 19.9 Å². The summed E-state index contributed by atoms with van der Waals surface area (Å²) in [5.74, 6) is 0.261. The van der Waals surface area contributed by atoms with Gasteiger partial charge in [-0.1, -0.05) is 0 Å². The Kier molecular flexibility index (Phi) is 4.91. The largest absolute Gasteiger partial charge is 0.481 e. The zero-order chi connectivity index (χ0) is 14.5. The van der Waals surface area contributed by atoms with Crippen LogP contribution in [0, 0.1) is 0 Å². The van der Waals surface area contributed by atoms with Crippen LogP contribution in [0.15, 0.2) is 6.07 Å². The molecule has 0 aromatic carbocycles. The molecule has 0 bridgehead atoms. The highest BCUT2D eigenvalue weighted by atomic mass is 16.5. The standard InChI is InChI=1S/C12H19N3O4/c1-12(2,6-5-10(16)17)15-11-13-8(18-3)7-9(14-11)19-4/h7H,5-6H2,1-4H3,(H,16,17)(H,13,14,15). The van der Waals surface area contributed by atoms with E-state index in [1.54, 1.807) is 6.07 Å². The lowest BCUT2D eigenvalue weighted by atomic mass is 9.99. The number of ether oxygens (including phenoxy) is 2. The van der Waals surface area contributed by atoms with Gasteiger partial charge in [-0.25, -0.2) is 0 Å². The van der Waals surface area contributed by atoms with Crippen LogP contribution in [0.4, 0.5) is 5.95 Å². The number of anilines is 1. The van der Waals surface area contributed by atoms with E-state index in [0.717, 1.165) is 0 Å². The van der Waals surface area contributed by atoms with E-state index in [4.69, 9.17) is 14.6 Å². The van der Waals surface area contributed by atoms with E-state index in [1.807, 2.05) is 13.8 Å². The molecule has 106 valence electrons. The van der Waals surface area contributed by atoms with Gasteiger partial charge in [0.05, 0.1) is 20.3 Å². The Labute approximate surface area is 112 Å². The molecule has 0 amide bonds. The number of aromatic nitrogens is 2. The van der Waals surface area contributed by atoms with Gasteiger partial charge in [-0.05, 0) is 20.3 Å². The molecule has 7 nitrogen and oxygen atoms in total. The number of aliphatic carboxylic acids is 1. The lowest BCUT2D eigenvalue weighted by molar-refractivity contribution is -0.137. The molecular weight excluding hydrogens is 250 g/mol. The summed E-state index contributed by atoms with van der Waals surface area (Å²) in [6.45, 7) is 3.76. The van der Waals surface area contributed by atoms with Gasteiger partial charge in [0.15, 0.2) is 0 Å². The second-order valence-electron chi connectivity index (χ2n) is 4.68. The zero-order valence-corrected chi connectivity index (χ0v) is 11.6. The molecule has 1 aromatic rings. The Morgan fingerprint density at radius 1 is 1.32 bits per heavy atom. The van der Waals surface area contributed by atoms with E-state index in [9.17, 15) is 4.79 Å². The average molecular weight is 269 g/mol. The summed E-state index contributed by atoms with van der Waals surface area (Å²) >= 11 is 0. The van der Waals surface area contributed by atoms with Crippen LogP contribution in [0.5, 0.6) is 11.8 Å². The first-order valence-corrected chi connectivity index (χ1v) is 5.83. The molecule has 1 rings (SSSR count). The second kappa shape index (κ2) is 6.21. The van der Waals surface area contributed by atoms with Gasteiger partial charge in [-0.2, -0.15) is 9.97 Å². The van der Waals surface area contributed by atoms with Crippen molar-refractivity contribution in [2.45, 2.75) is 32.2 Å². The van der Waals surface area contributed by atoms with Crippen LogP contribution in [0.3, 0.4) is 0 Å². The maximum absolute atomic E-state index is 10.6. The first-order chi connectivity index (χ1) is 8.86. The van der Waals surface area contributed by atoms with Crippen LogP contribution in [0.2, 0.25) is 0 Å². The summed E-state index contributed by atoms with van der Waals surface area (Å²) in [4.78, 5) is 18.9. The van der Waals surface area contributed by atoms with Gasteiger partial charge >= 0.3 is 5.97 Å². The molecule has 0 aliphatic carbocycles. The highest BCUT2D eigenvalue weighted by Gasteiger charge is 2.20. The van der Waals surface area contributed by atoms with Crippen molar-refractivity contribution >= 4 is 11.9 Å². The molecule has 0 aliphatic rings. The SMILES string of the molecule is COc1cc(OC)nc(NC(C)(C)CCC(=O)O)n1. The number of hydrogen-bond donors (Lipinski definition) is 2. The van der Waals surface area contributed by atoms with E-state index >= 15 is 0 Å². The molecule has 0 aliphatic heterocycles. The molecule has 2 N–H and O–H groups in total. The highest BCUT2D eigenvalue weighted by Crippen LogP contribution is 2.22. The van der Waals surface area contributed by atoms with E-state index in [1.165, 1.54) is 14.2 Å². The predicted octanol–water partition coefficient (Wildman–Crippen LogP) is 1.55. The Morgan fingerprint density at radius 3 is 2.26 bits per heavy atom. The molecule has 0 saturated carbocycles. The third kappa shape index (κ3) is 4.99. The number of carboxylic acid groups (broad SMARTS) is 1. The van der Waals surface area contributed by atoms with Crippen molar-refractivity contribution in [3.8, 4) is 11.8 Å². The number of nitrogens with zero attached hydrogens (tertiary/aromatic N) is 2. The van der Waals surface area contributed by atoms with Gasteiger partial charge in [-0.15, -0.1) is 0 Å². The third-order valence-corrected chi connectivity index (χ3v) is 2.51. The minimum atomic E-state index is -0.834. The first kappa shape index (κ1) is 15.0. The number of methoxy groups -OCH3 is 2. The van der Waals surface area contributed by atoms with Crippen LogP contribution in [-0.2, 0) is 4.79 Å². The van der Waals surface area contributed by atoms with E-state index in [-0.39, 0.29) is 6.42 Å². The van der Waals surface area contributed by atoms with Crippen molar-refractivity contribution in [3.05, 3.63) is 6.07 Å². The highest BCUT2D eigenvalue weighted by molar-refractivity contribution is 5.66. The maximum atomic E-state index is 10.6. The summed E-state index contributed by atoms with van der Waals surface area (Å²) in [6.07, 6.45) is 0.520. The third-order valence-electron chi connectivity index (χ3n) is 2.51. The molecule has 1 aromatic heterocycles. The molecule has 0 fully saturated rings. The predicted molar refractivity (Wildman–Crippen MR) is 69.7 cm³/mol. The summed E-state index contributed by atoms with van der Waals surface area (Å²) < 4.78 is 10.1. The maximum Gasteiger partial charge on any atom is 0.303 e. The number of rotatable bonds is 7. The fourth-order valence-corrected chi connectivity index (χ4v) is 1.45. The number of nitrogens with one attached hydrogen (secondary N) is 1. The Balaban J connectivity index is 2.82. The van der Waals surface area contributed by atoms with Crippen LogP contribution in [-0.4, -0.2) is 40.8 Å².